The van der Waals surface area contributed by atoms with E-state index in [1.165, 1.54) is 0 Å². The van der Waals surface area contributed by atoms with Crippen LogP contribution in [0.15, 0.2) is 30.5 Å². The molecule has 1 saturated carbocycles. The molecule has 1 aromatic carbocycles. The average Bonchev–Trinajstić information content (AvgIpc) is 3.18. The lowest BCUT2D eigenvalue weighted by molar-refractivity contribution is 0.100. The second-order valence-corrected chi connectivity index (χ2v) is 8.04. The van der Waals surface area contributed by atoms with Crippen LogP contribution in [-0.4, -0.2) is 46.5 Å². The minimum absolute atomic E-state index is 0.0334. The van der Waals surface area contributed by atoms with Crippen molar-refractivity contribution in [3.63, 3.8) is 0 Å². The Morgan fingerprint density at radius 2 is 2.09 bits per heavy atom. The van der Waals surface area contributed by atoms with Gasteiger partial charge in [-0.3, -0.25) is 9.48 Å². The van der Waals surface area contributed by atoms with Crippen molar-refractivity contribution in [1.29, 1.82) is 0 Å². The molecule has 2 aromatic heterocycles. The fourth-order valence-corrected chi connectivity index (χ4v) is 4.03. The number of benzene rings is 1. The molecule has 0 bridgehead atoms. The number of aromatic nitrogens is 3. The summed E-state index contributed by atoms with van der Waals surface area (Å²) in [6.07, 6.45) is 5.57. The van der Waals surface area contributed by atoms with Crippen molar-refractivity contribution in [2.75, 3.05) is 24.4 Å². The summed E-state index contributed by atoms with van der Waals surface area (Å²) in [6, 6.07) is 6.58. The predicted octanol–water partition coefficient (Wildman–Crippen LogP) is 2.74. The third-order valence-electron chi connectivity index (χ3n) is 5.80. The van der Waals surface area contributed by atoms with E-state index in [4.69, 9.17) is 16.2 Å². The molecule has 0 radical (unpaired) electrons. The number of carbonyl (C=O) groups is 1. The van der Waals surface area contributed by atoms with E-state index in [1.54, 1.807) is 13.3 Å². The van der Waals surface area contributed by atoms with Crippen LogP contribution in [0.25, 0.3) is 10.9 Å². The molecule has 9 nitrogen and oxygen atoms in total. The van der Waals surface area contributed by atoms with Gasteiger partial charge >= 0.3 is 0 Å². The highest BCUT2D eigenvalue weighted by molar-refractivity contribution is 5.99. The molecular formula is C22H28FN7O2. The Hall–Kier alpha value is -3.24. The number of hydrogen-bond acceptors (Lipinski definition) is 7. The summed E-state index contributed by atoms with van der Waals surface area (Å²) < 4.78 is 21.7. The molecule has 0 spiro atoms. The third kappa shape index (κ3) is 4.66. The summed E-state index contributed by atoms with van der Waals surface area (Å²) in [6.45, 7) is 1.12. The van der Waals surface area contributed by atoms with Crippen molar-refractivity contribution < 1.29 is 13.9 Å². The van der Waals surface area contributed by atoms with E-state index in [-0.39, 0.29) is 29.3 Å². The number of hydrogen-bond donors (Lipinski definition) is 4. The Morgan fingerprint density at radius 3 is 2.84 bits per heavy atom. The molecule has 170 valence electrons. The van der Waals surface area contributed by atoms with Gasteiger partial charge in [0.05, 0.1) is 30.4 Å². The van der Waals surface area contributed by atoms with Gasteiger partial charge < -0.3 is 26.8 Å². The molecule has 1 unspecified atom stereocenters. The summed E-state index contributed by atoms with van der Waals surface area (Å²) in [4.78, 5) is 16.3. The zero-order valence-corrected chi connectivity index (χ0v) is 18.0. The molecule has 2 heterocycles. The van der Waals surface area contributed by atoms with Gasteiger partial charge in [0.1, 0.15) is 5.82 Å². The Labute approximate surface area is 185 Å². The van der Waals surface area contributed by atoms with Gasteiger partial charge in [-0.25, -0.2) is 9.37 Å². The first-order chi connectivity index (χ1) is 15.5. The Bertz CT molecular complexity index is 1120. The lowest BCUT2D eigenvalue weighted by Gasteiger charge is -2.30. The van der Waals surface area contributed by atoms with Crippen LogP contribution in [-0.2, 0) is 11.3 Å². The van der Waals surface area contributed by atoms with Crippen LogP contribution in [0.3, 0.4) is 0 Å². The molecule has 3 aromatic rings. The first-order valence-electron chi connectivity index (χ1n) is 10.7. The number of nitrogens with zero attached hydrogens (tertiary/aromatic N) is 3. The molecular weight excluding hydrogens is 413 g/mol. The monoisotopic (exact) mass is 441 g/mol. The number of halogens is 1. The van der Waals surface area contributed by atoms with Gasteiger partial charge in [0.2, 0.25) is 0 Å². The zero-order valence-electron chi connectivity index (χ0n) is 18.0. The molecule has 1 fully saturated rings. The van der Waals surface area contributed by atoms with Crippen molar-refractivity contribution in [3.05, 3.63) is 41.8 Å². The number of nitrogens with one attached hydrogen (secondary N) is 2. The number of primary amides is 1. The Morgan fingerprint density at radius 1 is 1.28 bits per heavy atom. The summed E-state index contributed by atoms with van der Waals surface area (Å²) >= 11 is 0. The first kappa shape index (κ1) is 22.0. The van der Waals surface area contributed by atoms with Gasteiger partial charge in [-0.1, -0.05) is 12.8 Å². The highest BCUT2D eigenvalue weighted by atomic mass is 19.1. The maximum Gasteiger partial charge on any atom is 0.252 e. The molecule has 0 aliphatic heterocycles. The maximum absolute atomic E-state index is 14.7. The molecule has 4 rings (SSSR count). The Kier molecular flexibility index (Phi) is 6.52. The van der Waals surface area contributed by atoms with Crippen LogP contribution in [0.1, 0.15) is 36.0 Å². The minimum atomic E-state index is -0.772. The van der Waals surface area contributed by atoms with Crippen molar-refractivity contribution in [3.8, 4) is 0 Å². The summed E-state index contributed by atoms with van der Waals surface area (Å²) in [7, 11) is 1.63. The molecule has 10 heteroatoms. The predicted molar refractivity (Wildman–Crippen MR) is 121 cm³/mol. The van der Waals surface area contributed by atoms with E-state index < -0.39 is 11.7 Å². The van der Waals surface area contributed by atoms with E-state index in [2.05, 4.69) is 20.7 Å². The van der Waals surface area contributed by atoms with E-state index in [0.717, 1.165) is 42.7 Å². The first-order valence-corrected chi connectivity index (χ1v) is 10.7. The number of fused-ring (bicyclic) bond motifs is 1. The summed E-state index contributed by atoms with van der Waals surface area (Å²) in [5, 5.41) is 11.6. The lowest BCUT2D eigenvalue weighted by Crippen LogP contribution is -2.43. The number of ether oxygens (including phenoxy) is 1. The van der Waals surface area contributed by atoms with Gasteiger partial charge in [0, 0.05) is 30.3 Å². The topological polar surface area (TPSA) is 133 Å². The highest BCUT2D eigenvalue weighted by Crippen LogP contribution is 2.28. The van der Waals surface area contributed by atoms with Crippen LogP contribution >= 0.6 is 0 Å². The van der Waals surface area contributed by atoms with Gasteiger partial charge in [-0.15, -0.1) is 0 Å². The van der Waals surface area contributed by atoms with Crippen LogP contribution in [0, 0.1) is 5.82 Å². The molecule has 1 aliphatic carbocycles. The van der Waals surface area contributed by atoms with Crippen LogP contribution in [0.5, 0.6) is 0 Å². The van der Waals surface area contributed by atoms with Gasteiger partial charge in [0.25, 0.3) is 5.91 Å². The largest absolute Gasteiger partial charge is 0.383 e. The SMILES string of the molecule is COCCn1ncc2ccc(Nc3nc(NC4CCCC[C@@H]4N)c(F)cc3C(N)=O)cc21. The van der Waals surface area contributed by atoms with Crippen molar-refractivity contribution >= 4 is 34.1 Å². The van der Waals surface area contributed by atoms with E-state index in [0.29, 0.717) is 18.8 Å². The standard InChI is InChI=1S/C22H28FN7O2/c1-32-9-8-30-19-10-14(7-6-13(19)12-26-30)27-21-15(20(25)31)11-16(23)22(29-21)28-18-5-3-2-4-17(18)24/h6-7,10-12,17-18H,2-5,8-9,24H2,1H3,(H2,25,31)(H2,27,28,29)/t17-,18?/m0/s1. The highest BCUT2D eigenvalue weighted by Gasteiger charge is 2.24. The molecule has 0 saturated heterocycles. The van der Waals surface area contributed by atoms with Gasteiger partial charge in [-0.2, -0.15) is 5.10 Å². The van der Waals surface area contributed by atoms with Crippen LogP contribution < -0.4 is 22.1 Å². The second-order valence-electron chi connectivity index (χ2n) is 8.04. The number of amides is 1. The third-order valence-corrected chi connectivity index (χ3v) is 5.80. The van der Waals surface area contributed by atoms with Crippen molar-refractivity contribution in [1.82, 2.24) is 14.8 Å². The second kappa shape index (κ2) is 9.49. The van der Waals surface area contributed by atoms with E-state index >= 15 is 0 Å². The average molecular weight is 442 g/mol. The number of nitrogens with two attached hydrogens (primary N) is 2. The summed E-state index contributed by atoms with van der Waals surface area (Å²) in [5.74, 6) is -1.19. The molecule has 1 aliphatic rings. The Balaban J connectivity index is 1.65. The number of rotatable bonds is 8. The molecule has 1 amide bonds. The molecule has 2 atom stereocenters. The van der Waals surface area contributed by atoms with Crippen LogP contribution in [0.2, 0.25) is 0 Å². The molecule has 32 heavy (non-hydrogen) atoms. The fourth-order valence-electron chi connectivity index (χ4n) is 4.03. The lowest BCUT2D eigenvalue weighted by atomic mass is 9.91. The van der Waals surface area contributed by atoms with E-state index in [9.17, 15) is 9.18 Å². The number of pyridine rings is 1. The number of methoxy groups -OCH3 is 1. The van der Waals surface area contributed by atoms with Crippen molar-refractivity contribution in [2.45, 2.75) is 44.3 Å². The van der Waals surface area contributed by atoms with Gasteiger partial charge in [-0.05, 0) is 37.1 Å². The smallest absolute Gasteiger partial charge is 0.252 e. The number of anilines is 3. The van der Waals surface area contributed by atoms with E-state index in [1.807, 2.05) is 22.9 Å². The summed E-state index contributed by atoms with van der Waals surface area (Å²) in [5.41, 5.74) is 13.2. The zero-order chi connectivity index (χ0) is 22.7. The quantitative estimate of drug-likeness (QED) is 0.422. The van der Waals surface area contributed by atoms with Gasteiger partial charge in [0.15, 0.2) is 11.6 Å². The maximum atomic E-state index is 14.7. The minimum Gasteiger partial charge on any atom is -0.383 e. The van der Waals surface area contributed by atoms with Crippen molar-refractivity contribution in [2.24, 2.45) is 11.5 Å². The fraction of sp³-hybridized carbons (Fsp3) is 0.409. The van der Waals surface area contributed by atoms with Crippen LogP contribution in [0.4, 0.5) is 21.7 Å². The molecule has 6 N–H and O–H groups in total. The normalized spacial score (nSPS) is 18.6. The number of carbonyl (C=O) groups excluding carboxylic acids is 1.